The molecule has 2 aromatic rings. The van der Waals surface area contributed by atoms with Gasteiger partial charge in [-0.1, -0.05) is 29.3 Å². The van der Waals surface area contributed by atoms with Crippen LogP contribution in [-0.2, 0) is 0 Å². The largest absolute Gasteiger partial charge is 0.395 e. The highest BCUT2D eigenvalue weighted by atomic mass is 35.5. The van der Waals surface area contributed by atoms with Crippen LogP contribution in [0.15, 0.2) is 36.4 Å². The Morgan fingerprint density at radius 3 is 2.35 bits per heavy atom. The number of nitrogen functional groups attached to an aromatic ring is 1. The van der Waals surface area contributed by atoms with Gasteiger partial charge in [-0.15, -0.1) is 0 Å². The number of benzene rings is 2. The molecule has 0 atom stereocenters. The lowest BCUT2D eigenvalue weighted by atomic mass is 10.2. The van der Waals surface area contributed by atoms with Crippen molar-refractivity contribution in [1.82, 2.24) is 0 Å². The van der Waals surface area contributed by atoms with E-state index in [2.05, 4.69) is 5.32 Å². The van der Waals surface area contributed by atoms with E-state index >= 15 is 0 Å². The average Bonchev–Trinajstić information content (AvgIpc) is 2.23. The van der Waals surface area contributed by atoms with Crippen LogP contribution in [-0.4, -0.2) is 0 Å². The van der Waals surface area contributed by atoms with Crippen LogP contribution in [0.4, 0.5) is 21.5 Å². The topological polar surface area (TPSA) is 38.0 Å². The van der Waals surface area contributed by atoms with Crippen molar-refractivity contribution < 1.29 is 4.39 Å². The molecule has 2 nitrogen and oxygen atoms in total. The first-order chi connectivity index (χ1) is 8.06. The Kier molecular flexibility index (Phi) is 3.41. The smallest absolute Gasteiger partial charge is 0.148 e. The molecule has 0 spiro atoms. The normalized spacial score (nSPS) is 10.3. The molecule has 88 valence electrons. The first-order valence-corrected chi connectivity index (χ1v) is 5.59. The Morgan fingerprint density at radius 2 is 1.71 bits per heavy atom. The third kappa shape index (κ3) is 2.81. The van der Waals surface area contributed by atoms with E-state index in [0.29, 0.717) is 21.4 Å². The molecule has 0 aliphatic heterocycles. The number of rotatable bonds is 2. The number of hydrogen-bond donors (Lipinski definition) is 2. The molecule has 0 aliphatic rings. The lowest BCUT2D eigenvalue weighted by Gasteiger charge is -2.10. The van der Waals surface area contributed by atoms with Crippen LogP contribution in [0.3, 0.4) is 0 Å². The van der Waals surface area contributed by atoms with Crippen molar-refractivity contribution in [1.29, 1.82) is 0 Å². The van der Waals surface area contributed by atoms with Gasteiger partial charge < -0.3 is 11.1 Å². The second-order valence-electron chi connectivity index (χ2n) is 3.48. The van der Waals surface area contributed by atoms with E-state index in [1.807, 2.05) is 0 Å². The first kappa shape index (κ1) is 12.0. The summed E-state index contributed by atoms with van der Waals surface area (Å²) in [5.74, 6) is -0.469. The maximum atomic E-state index is 13.2. The van der Waals surface area contributed by atoms with Crippen molar-refractivity contribution in [3.8, 4) is 0 Å². The first-order valence-electron chi connectivity index (χ1n) is 4.83. The predicted molar refractivity (Wildman–Crippen MR) is 70.6 cm³/mol. The van der Waals surface area contributed by atoms with E-state index < -0.39 is 5.82 Å². The van der Waals surface area contributed by atoms with Crippen LogP contribution < -0.4 is 11.1 Å². The van der Waals surface area contributed by atoms with Gasteiger partial charge in [0.1, 0.15) is 5.82 Å². The molecule has 0 bridgehead atoms. The van der Waals surface area contributed by atoms with Crippen LogP contribution >= 0.6 is 23.2 Å². The van der Waals surface area contributed by atoms with Crippen molar-refractivity contribution in [2.75, 3.05) is 11.1 Å². The molecule has 0 saturated heterocycles. The zero-order valence-electron chi connectivity index (χ0n) is 8.68. The predicted octanol–water partition coefficient (Wildman–Crippen LogP) is 4.46. The molecule has 2 rings (SSSR count). The van der Waals surface area contributed by atoms with Crippen molar-refractivity contribution in [3.05, 3.63) is 52.3 Å². The lowest BCUT2D eigenvalue weighted by Crippen LogP contribution is -1.98. The van der Waals surface area contributed by atoms with Crippen molar-refractivity contribution in [3.63, 3.8) is 0 Å². The molecule has 0 aromatic heterocycles. The summed E-state index contributed by atoms with van der Waals surface area (Å²) >= 11 is 11.7. The Balaban J connectivity index is 2.34. The quantitative estimate of drug-likeness (QED) is 0.791. The zero-order valence-corrected chi connectivity index (χ0v) is 10.2. The van der Waals surface area contributed by atoms with Crippen LogP contribution in [0.1, 0.15) is 0 Å². The Bertz CT molecular complexity index is 538. The second kappa shape index (κ2) is 4.82. The number of halogens is 3. The van der Waals surface area contributed by atoms with Crippen LogP contribution in [0, 0.1) is 5.82 Å². The maximum Gasteiger partial charge on any atom is 0.148 e. The molecular weight excluding hydrogens is 262 g/mol. The van der Waals surface area contributed by atoms with E-state index in [1.54, 1.807) is 30.3 Å². The summed E-state index contributed by atoms with van der Waals surface area (Å²) in [7, 11) is 0. The molecule has 0 unspecified atom stereocenters. The van der Waals surface area contributed by atoms with Gasteiger partial charge in [-0.25, -0.2) is 4.39 Å². The molecule has 5 heteroatoms. The number of nitrogens with two attached hydrogens (primary N) is 1. The van der Waals surface area contributed by atoms with E-state index in [1.165, 1.54) is 6.07 Å². The average molecular weight is 271 g/mol. The highest BCUT2D eigenvalue weighted by Gasteiger charge is 2.05. The summed E-state index contributed by atoms with van der Waals surface area (Å²) in [5.41, 5.74) is 6.79. The number of hydrogen-bond acceptors (Lipinski definition) is 2. The fourth-order valence-electron chi connectivity index (χ4n) is 1.43. The molecule has 0 radical (unpaired) electrons. The molecule has 0 heterocycles. The highest BCUT2D eigenvalue weighted by Crippen LogP contribution is 2.28. The summed E-state index contributed by atoms with van der Waals surface area (Å²) in [6, 6.07) is 9.51. The van der Waals surface area contributed by atoms with E-state index in [0.717, 1.165) is 0 Å². The minimum Gasteiger partial charge on any atom is -0.395 e. The van der Waals surface area contributed by atoms with Gasteiger partial charge in [-0.05, 0) is 30.3 Å². The Hall–Kier alpha value is -1.45. The third-order valence-electron chi connectivity index (χ3n) is 2.19. The summed E-state index contributed by atoms with van der Waals surface area (Å²) in [6.07, 6.45) is 0. The molecule has 3 N–H and O–H groups in total. The van der Waals surface area contributed by atoms with Gasteiger partial charge >= 0.3 is 0 Å². The van der Waals surface area contributed by atoms with Crippen molar-refractivity contribution >= 4 is 40.3 Å². The molecule has 2 aromatic carbocycles. The van der Waals surface area contributed by atoms with Gasteiger partial charge in [0, 0.05) is 15.7 Å². The molecule has 0 fully saturated rings. The molecule has 0 saturated carbocycles. The molecule has 0 aliphatic carbocycles. The molecule has 17 heavy (non-hydrogen) atoms. The van der Waals surface area contributed by atoms with Gasteiger partial charge in [0.05, 0.1) is 11.4 Å². The molecular formula is C12H9Cl2FN2. The minimum atomic E-state index is -0.469. The second-order valence-corrected chi connectivity index (χ2v) is 4.36. The fraction of sp³-hybridized carbons (Fsp3) is 0. The van der Waals surface area contributed by atoms with Gasteiger partial charge in [0.2, 0.25) is 0 Å². The minimum absolute atomic E-state index is 0.0589. The zero-order chi connectivity index (χ0) is 12.4. The number of anilines is 3. The van der Waals surface area contributed by atoms with Crippen molar-refractivity contribution in [2.24, 2.45) is 0 Å². The third-order valence-corrected chi connectivity index (χ3v) is 2.63. The van der Waals surface area contributed by atoms with Gasteiger partial charge in [-0.2, -0.15) is 0 Å². The summed E-state index contributed by atoms with van der Waals surface area (Å²) < 4.78 is 13.2. The number of para-hydroxylation sites is 1. The van der Waals surface area contributed by atoms with Crippen LogP contribution in [0.25, 0.3) is 0 Å². The Morgan fingerprint density at radius 1 is 1.06 bits per heavy atom. The number of nitrogens with one attached hydrogen (secondary N) is 1. The Labute approximate surface area is 108 Å². The summed E-state index contributed by atoms with van der Waals surface area (Å²) in [5, 5.41) is 3.95. The van der Waals surface area contributed by atoms with E-state index in [4.69, 9.17) is 28.9 Å². The fourth-order valence-corrected chi connectivity index (χ4v) is 1.95. The van der Waals surface area contributed by atoms with Gasteiger partial charge in [0.25, 0.3) is 0 Å². The monoisotopic (exact) mass is 270 g/mol. The highest BCUT2D eigenvalue weighted by molar-refractivity contribution is 6.35. The SMILES string of the molecule is Nc1c(F)cccc1Nc1cc(Cl)cc(Cl)c1. The maximum absolute atomic E-state index is 13.2. The van der Waals surface area contributed by atoms with Crippen LogP contribution in [0.5, 0.6) is 0 Å². The summed E-state index contributed by atoms with van der Waals surface area (Å²) in [4.78, 5) is 0. The molecule has 0 amide bonds. The van der Waals surface area contributed by atoms with E-state index in [9.17, 15) is 4.39 Å². The lowest BCUT2D eigenvalue weighted by molar-refractivity contribution is 0.633. The van der Waals surface area contributed by atoms with Gasteiger partial charge in [-0.3, -0.25) is 0 Å². The standard InChI is InChI=1S/C12H9Cl2FN2/c13-7-4-8(14)6-9(5-7)17-11-3-1-2-10(15)12(11)16/h1-6,17H,16H2. The van der Waals surface area contributed by atoms with Crippen molar-refractivity contribution in [2.45, 2.75) is 0 Å². The van der Waals surface area contributed by atoms with Crippen LogP contribution in [0.2, 0.25) is 10.0 Å². The summed E-state index contributed by atoms with van der Waals surface area (Å²) in [6.45, 7) is 0. The van der Waals surface area contributed by atoms with Gasteiger partial charge in [0.15, 0.2) is 0 Å². The van der Waals surface area contributed by atoms with E-state index in [-0.39, 0.29) is 5.69 Å².